The van der Waals surface area contributed by atoms with Gasteiger partial charge in [0.2, 0.25) is 0 Å². The molecule has 4 nitrogen and oxygen atoms in total. The van der Waals surface area contributed by atoms with E-state index in [0.29, 0.717) is 25.3 Å². The van der Waals surface area contributed by atoms with Crippen LogP contribution >= 0.6 is 0 Å². The van der Waals surface area contributed by atoms with Crippen LogP contribution < -0.4 is 5.73 Å². The first-order chi connectivity index (χ1) is 8.56. The van der Waals surface area contributed by atoms with Gasteiger partial charge >= 0.3 is 0 Å². The Balaban J connectivity index is 2.18. The number of hydrogen-bond donors (Lipinski definition) is 1. The maximum absolute atomic E-state index is 13.2. The van der Waals surface area contributed by atoms with Gasteiger partial charge in [-0.05, 0) is 31.5 Å². The summed E-state index contributed by atoms with van der Waals surface area (Å²) in [5.74, 6) is -0.684. The quantitative estimate of drug-likeness (QED) is 0.773. The minimum absolute atomic E-state index is 0.00218. The molecule has 0 spiro atoms. The highest BCUT2D eigenvalue weighted by atomic mass is 19.1. The number of amides is 1. The number of rotatable bonds is 1. The van der Waals surface area contributed by atoms with Gasteiger partial charge in [-0.2, -0.15) is 0 Å². The van der Waals surface area contributed by atoms with Crippen molar-refractivity contribution < 1.29 is 13.9 Å². The van der Waals surface area contributed by atoms with Gasteiger partial charge in [-0.1, -0.05) is 0 Å². The van der Waals surface area contributed by atoms with Crippen LogP contribution in [0.4, 0.5) is 10.1 Å². The van der Waals surface area contributed by atoms with E-state index in [0.717, 1.165) is 6.42 Å². The smallest absolute Gasteiger partial charge is 0.254 e. The molecular formula is C13H17FN2O2. The summed E-state index contributed by atoms with van der Waals surface area (Å²) in [6, 6.07) is 3.92. The lowest BCUT2D eigenvalue weighted by Crippen LogP contribution is -2.36. The van der Waals surface area contributed by atoms with Crippen LogP contribution in [-0.4, -0.2) is 36.6 Å². The van der Waals surface area contributed by atoms with Crippen molar-refractivity contribution in [2.75, 3.05) is 25.4 Å². The van der Waals surface area contributed by atoms with Crippen LogP contribution in [0.25, 0.3) is 0 Å². The van der Waals surface area contributed by atoms with Gasteiger partial charge in [0.1, 0.15) is 5.82 Å². The zero-order valence-corrected chi connectivity index (χ0v) is 10.4. The predicted molar refractivity (Wildman–Crippen MR) is 66.7 cm³/mol. The normalized spacial score (nSPS) is 20.6. The van der Waals surface area contributed by atoms with Gasteiger partial charge in [0.05, 0.1) is 6.10 Å². The highest BCUT2D eigenvalue weighted by molar-refractivity contribution is 5.95. The number of hydrogen-bond acceptors (Lipinski definition) is 3. The first kappa shape index (κ1) is 12.8. The van der Waals surface area contributed by atoms with Crippen LogP contribution in [0.2, 0.25) is 0 Å². The van der Waals surface area contributed by atoms with Crippen LogP contribution in [0, 0.1) is 5.82 Å². The van der Waals surface area contributed by atoms with Gasteiger partial charge in [0, 0.05) is 30.9 Å². The topological polar surface area (TPSA) is 55.6 Å². The van der Waals surface area contributed by atoms with E-state index in [-0.39, 0.29) is 17.7 Å². The van der Waals surface area contributed by atoms with Crippen molar-refractivity contribution in [3.05, 3.63) is 29.6 Å². The highest BCUT2D eigenvalue weighted by Gasteiger charge is 2.21. The summed E-state index contributed by atoms with van der Waals surface area (Å²) in [7, 11) is 0. The molecule has 5 heteroatoms. The Hall–Kier alpha value is -1.62. The molecule has 1 unspecified atom stereocenters. The molecule has 1 aliphatic heterocycles. The van der Waals surface area contributed by atoms with E-state index in [1.54, 1.807) is 4.90 Å². The molecule has 0 aliphatic carbocycles. The predicted octanol–water partition coefficient (Wildman–Crippen LogP) is 1.66. The lowest BCUT2D eigenvalue weighted by molar-refractivity contribution is 0.0562. The third kappa shape index (κ3) is 2.98. The van der Waals surface area contributed by atoms with Gasteiger partial charge in [-0.3, -0.25) is 4.79 Å². The maximum Gasteiger partial charge on any atom is 0.254 e. The van der Waals surface area contributed by atoms with Crippen molar-refractivity contribution in [2.45, 2.75) is 19.4 Å². The number of anilines is 1. The summed E-state index contributed by atoms with van der Waals surface area (Å²) < 4.78 is 18.7. The number of carbonyl (C=O) groups is 1. The molecule has 1 heterocycles. The molecule has 1 saturated heterocycles. The highest BCUT2D eigenvalue weighted by Crippen LogP contribution is 2.15. The maximum atomic E-state index is 13.2. The van der Waals surface area contributed by atoms with Crippen LogP contribution in [-0.2, 0) is 4.74 Å². The number of nitrogens with two attached hydrogens (primary N) is 1. The number of nitrogen functional groups attached to an aromatic ring is 1. The molecule has 2 N–H and O–H groups in total. The zero-order valence-electron chi connectivity index (χ0n) is 10.4. The van der Waals surface area contributed by atoms with E-state index >= 15 is 0 Å². The standard InChI is InChI=1S/C13H17FN2O2/c1-9-8-16(3-2-4-18-9)13(17)10-5-11(14)7-12(15)6-10/h5-7,9H,2-4,8,15H2,1H3. The third-order valence-electron chi connectivity index (χ3n) is 2.91. The van der Waals surface area contributed by atoms with Gasteiger partial charge in [0.25, 0.3) is 5.91 Å². The second kappa shape index (κ2) is 5.35. The molecule has 0 bridgehead atoms. The fraction of sp³-hybridized carbons (Fsp3) is 0.462. The Bertz CT molecular complexity index is 430. The van der Waals surface area contributed by atoms with Crippen LogP contribution in [0.5, 0.6) is 0 Å². The monoisotopic (exact) mass is 252 g/mol. The third-order valence-corrected chi connectivity index (χ3v) is 2.91. The van der Waals surface area contributed by atoms with Gasteiger partial charge in [0.15, 0.2) is 0 Å². The Morgan fingerprint density at radius 1 is 1.50 bits per heavy atom. The summed E-state index contributed by atoms with van der Waals surface area (Å²) in [5.41, 5.74) is 6.10. The molecule has 98 valence electrons. The van der Waals surface area contributed by atoms with Crippen molar-refractivity contribution in [2.24, 2.45) is 0 Å². The average Bonchev–Trinajstić information content (AvgIpc) is 2.51. The molecule has 1 aromatic carbocycles. The van der Waals surface area contributed by atoms with E-state index in [1.165, 1.54) is 18.2 Å². The van der Waals surface area contributed by atoms with E-state index in [9.17, 15) is 9.18 Å². The number of carbonyl (C=O) groups excluding carboxylic acids is 1. The molecule has 1 aromatic rings. The number of halogens is 1. The first-order valence-electron chi connectivity index (χ1n) is 6.03. The SMILES string of the molecule is CC1CN(C(=O)c2cc(N)cc(F)c2)CCCO1. The molecule has 18 heavy (non-hydrogen) atoms. The molecule has 0 radical (unpaired) electrons. The molecule has 1 amide bonds. The van der Waals surface area contributed by atoms with Crippen molar-refractivity contribution >= 4 is 11.6 Å². The molecule has 0 aromatic heterocycles. The minimum Gasteiger partial charge on any atom is -0.399 e. The van der Waals surface area contributed by atoms with Crippen molar-refractivity contribution in [3.8, 4) is 0 Å². The molecule has 1 aliphatic rings. The van der Waals surface area contributed by atoms with Crippen LogP contribution in [0.1, 0.15) is 23.7 Å². The lowest BCUT2D eigenvalue weighted by atomic mass is 10.1. The molecule has 0 saturated carbocycles. The zero-order chi connectivity index (χ0) is 13.1. The average molecular weight is 252 g/mol. The second-order valence-electron chi connectivity index (χ2n) is 4.56. The fourth-order valence-corrected chi connectivity index (χ4v) is 2.10. The molecule has 1 fully saturated rings. The van der Waals surface area contributed by atoms with Crippen LogP contribution in [0.15, 0.2) is 18.2 Å². The fourth-order valence-electron chi connectivity index (χ4n) is 2.10. The van der Waals surface area contributed by atoms with Crippen molar-refractivity contribution in [3.63, 3.8) is 0 Å². The second-order valence-corrected chi connectivity index (χ2v) is 4.56. The minimum atomic E-state index is -0.488. The van der Waals surface area contributed by atoms with E-state index in [1.807, 2.05) is 6.92 Å². The van der Waals surface area contributed by atoms with Crippen molar-refractivity contribution in [1.29, 1.82) is 0 Å². The Labute approximate surface area is 106 Å². The Morgan fingerprint density at radius 3 is 3.00 bits per heavy atom. The van der Waals surface area contributed by atoms with E-state index in [4.69, 9.17) is 10.5 Å². The first-order valence-corrected chi connectivity index (χ1v) is 6.03. The number of benzene rings is 1. The van der Waals surface area contributed by atoms with Gasteiger partial charge < -0.3 is 15.4 Å². The van der Waals surface area contributed by atoms with Crippen molar-refractivity contribution in [1.82, 2.24) is 4.90 Å². The Kier molecular flexibility index (Phi) is 3.81. The number of ether oxygens (including phenoxy) is 1. The van der Waals surface area contributed by atoms with Gasteiger partial charge in [-0.15, -0.1) is 0 Å². The van der Waals surface area contributed by atoms with E-state index in [2.05, 4.69) is 0 Å². The summed E-state index contributed by atoms with van der Waals surface area (Å²) in [5, 5.41) is 0. The number of nitrogens with zero attached hydrogens (tertiary/aromatic N) is 1. The van der Waals surface area contributed by atoms with Gasteiger partial charge in [-0.25, -0.2) is 4.39 Å². The summed E-state index contributed by atoms with van der Waals surface area (Å²) in [6.45, 7) is 3.72. The summed E-state index contributed by atoms with van der Waals surface area (Å²) >= 11 is 0. The Morgan fingerprint density at radius 2 is 2.28 bits per heavy atom. The molecule has 2 rings (SSSR count). The largest absolute Gasteiger partial charge is 0.399 e. The van der Waals surface area contributed by atoms with Crippen LogP contribution in [0.3, 0.4) is 0 Å². The summed E-state index contributed by atoms with van der Waals surface area (Å²) in [6.07, 6.45) is 0.795. The molecule has 1 atom stereocenters. The lowest BCUT2D eigenvalue weighted by Gasteiger charge is -2.22. The molecular weight excluding hydrogens is 235 g/mol. The van der Waals surface area contributed by atoms with E-state index < -0.39 is 5.82 Å². The summed E-state index contributed by atoms with van der Waals surface area (Å²) in [4.78, 5) is 13.9.